The molecule has 2 rings (SSSR count). The van der Waals surface area contributed by atoms with Crippen LogP contribution >= 0.6 is 0 Å². The van der Waals surface area contributed by atoms with Crippen molar-refractivity contribution in [2.24, 2.45) is 0 Å². The van der Waals surface area contributed by atoms with Gasteiger partial charge >= 0.3 is 0 Å². The van der Waals surface area contributed by atoms with Gasteiger partial charge in [-0.25, -0.2) is 0 Å². The van der Waals surface area contributed by atoms with Gasteiger partial charge in [0.1, 0.15) is 5.75 Å². The van der Waals surface area contributed by atoms with E-state index in [1.165, 1.54) is 5.56 Å². The Labute approximate surface area is 133 Å². The molecular weight excluding hydrogens is 274 g/mol. The molecule has 0 radical (unpaired) electrons. The number of hydrogen-bond donors (Lipinski definition) is 1. The number of rotatable bonds is 8. The highest BCUT2D eigenvalue weighted by Crippen LogP contribution is 2.14. The van der Waals surface area contributed by atoms with E-state index in [0.29, 0.717) is 13.2 Å². The van der Waals surface area contributed by atoms with Crippen molar-refractivity contribution < 1.29 is 9.84 Å². The molecule has 3 nitrogen and oxygen atoms in total. The van der Waals surface area contributed by atoms with E-state index >= 15 is 0 Å². The Morgan fingerprint density at radius 3 is 2.59 bits per heavy atom. The van der Waals surface area contributed by atoms with Crippen LogP contribution in [0.15, 0.2) is 54.6 Å². The van der Waals surface area contributed by atoms with Gasteiger partial charge in [-0.1, -0.05) is 42.5 Å². The third kappa shape index (κ3) is 5.51. The smallest absolute Gasteiger partial charge is 0.119 e. The van der Waals surface area contributed by atoms with Crippen molar-refractivity contribution in [3.8, 4) is 5.75 Å². The topological polar surface area (TPSA) is 32.7 Å². The van der Waals surface area contributed by atoms with Crippen LogP contribution in [0.4, 0.5) is 0 Å². The first kappa shape index (κ1) is 16.5. The Bertz CT molecular complexity index is 556. The van der Waals surface area contributed by atoms with E-state index in [9.17, 15) is 5.11 Å². The van der Waals surface area contributed by atoms with Crippen molar-refractivity contribution in [2.45, 2.75) is 19.4 Å². The van der Waals surface area contributed by atoms with Crippen LogP contribution in [-0.4, -0.2) is 36.8 Å². The van der Waals surface area contributed by atoms with Crippen molar-refractivity contribution in [1.82, 2.24) is 4.90 Å². The van der Waals surface area contributed by atoms with E-state index < -0.39 is 6.10 Å². The van der Waals surface area contributed by atoms with Crippen LogP contribution in [0.3, 0.4) is 0 Å². The molecule has 0 spiro atoms. The molecule has 0 amide bonds. The molecule has 0 aromatic heterocycles. The third-order valence-corrected chi connectivity index (χ3v) is 3.61. The normalized spacial score (nSPS) is 12.4. The van der Waals surface area contributed by atoms with Crippen LogP contribution in [0.25, 0.3) is 0 Å². The van der Waals surface area contributed by atoms with Crippen molar-refractivity contribution in [3.05, 3.63) is 65.7 Å². The van der Waals surface area contributed by atoms with Gasteiger partial charge in [-0.15, -0.1) is 0 Å². The average molecular weight is 299 g/mol. The van der Waals surface area contributed by atoms with E-state index in [0.717, 1.165) is 24.3 Å². The molecule has 118 valence electrons. The van der Waals surface area contributed by atoms with E-state index in [1.54, 1.807) is 0 Å². The lowest BCUT2D eigenvalue weighted by Gasteiger charge is -2.20. The molecule has 0 bridgehead atoms. The quantitative estimate of drug-likeness (QED) is 0.758. The van der Waals surface area contributed by atoms with E-state index in [2.05, 4.69) is 17.9 Å². The summed E-state index contributed by atoms with van der Waals surface area (Å²) in [6.07, 6.45) is 0.496. The Balaban J connectivity index is 1.66. The van der Waals surface area contributed by atoms with Gasteiger partial charge in [0.15, 0.2) is 0 Å². The van der Waals surface area contributed by atoms with Gasteiger partial charge in [-0.05, 0) is 43.7 Å². The summed E-state index contributed by atoms with van der Waals surface area (Å²) in [5.74, 6) is 0.923. The summed E-state index contributed by atoms with van der Waals surface area (Å²) < 4.78 is 5.74. The third-order valence-electron chi connectivity index (χ3n) is 3.61. The molecule has 22 heavy (non-hydrogen) atoms. The zero-order valence-corrected chi connectivity index (χ0v) is 13.4. The monoisotopic (exact) mass is 299 g/mol. The lowest BCUT2D eigenvalue weighted by molar-refractivity contribution is 0.123. The Morgan fingerprint density at radius 2 is 1.86 bits per heavy atom. The minimum atomic E-state index is -0.441. The minimum Gasteiger partial charge on any atom is -0.494 e. The summed E-state index contributed by atoms with van der Waals surface area (Å²) in [6.45, 7) is 4.28. The fourth-order valence-corrected chi connectivity index (χ4v) is 2.40. The molecule has 2 aromatic rings. The first-order valence-electron chi connectivity index (χ1n) is 7.76. The second-order valence-corrected chi connectivity index (χ2v) is 5.71. The lowest BCUT2D eigenvalue weighted by atomic mass is 10.1. The van der Waals surface area contributed by atoms with E-state index in [4.69, 9.17) is 4.74 Å². The Hall–Kier alpha value is -1.84. The molecule has 1 atom stereocenters. The first-order chi connectivity index (χ1) is 10.6. The summed E-state index contributed by atoms with van der Waals surface area (Å²) in [6, 6.07) is 17.9. The van der Waals surface area contributed by atoms with Gasteiger partial charge < -0.3 is 14.7 Å². The standard InChI is InChI=1S/C19H25NO2/c1-16-8-6-11-18(14-16)22-13-7-12-20(2)15-19(21)17-9-4-3-5-10-17/h3-6,8-11,14,19,21H,7,12-13,15H2,1-2H3/t19-/m0/s1. The number of ether oxygens (including phenoxy) is 1. The summed E-state index contributed by atoms with van der Waals surface area (Å²) in [5.41, 5.74) is 2.17. The molecule has 0 aliphatic heterocycles. The number of likely N-dealkylation sites (N-methyl/N-ethyl adjacent to an activating group) is 1. The zero-order chi connectivity index (χ0) is 15.8. The zero-order valence-electron chi connectivity index (χ0n) is 13.4. The molecular formula is C19H25NO2. The van der Waals surface area contributed by atoms with Gasteiger partial charge in [0.2, 0.25) is 0 Å². The SMILES string of the molecule is Cc1cccc(OCCCN(C)C[C@H](O)c2ccccc2)c1. The number of hydrogen-bond acceptors (Lipinski definition) is 3. The Morgan fingerprint density at radius 1 is 1.09 bits per heavy atom. The van der Waals surface area contributed by atoms with Crippen molar-refractivity contribution in [1.29, 1.82) is 0 Å². The molecule has 0 aliphatic carbocycles. The molecule has 1 N–H and O–H groups in total. The predicted octanol–water partition coefficient (Wildman–Crippen LogP) is 3.43. The summed E-state index contributed by atoms with van der Waals surface area (Å²) in [4.78, 5) is 2.14. The Kier molecular flexibility index (Phi) is 6.44. The number of nitrogens with zero attached hydrogens (tertiary/aromatic N) is 1. The molecule has 0 fully saturated rings. The maximum Gasteiger partial charge on any atom is 0.119 e. The first-order valence-corrected chi connectivity index (χ1v) is 7.76. The molecule has 0 aliphatic rings. The predicted molar refractivity (Wildman–Crippen MR) is 90.2 cm³/mol. The largest absolute Gasteiger partial charge is 0.494 e. The highest BCUT2D eigenvalue weighted by Gasteiger charge is 2.09. The minimum absolute atomic E-state index is 0.441. The van der Waals surface area contributed by atoms with Crippen LogP contribution in [0.1, 0.15) is 23.7 Å². The van der Waals surface area contributed by atoms with Gasteiger partial charge in [-0.3, -0.25) is 0 Å². The van der Waals surface area contributed by atoms with E-state index in [-0.39, 0.29) is 0 Å². The lowest BCUT2D eigenvalue weighted by Crippen LogP contribution is -2.26. The number of aliphatic hydroxyl groups excluding tert-OH is 1. The number of aliphatic hydroxyl groups is 1. The van der Waals surface area contributed by atoms with Gasteiger partial charge in [0.25, 0.3) is 0 Å². The van der Waals surface area contributed by atoms with Crippen LogP contribution in [-0.2, 0) is 0 Å². The summed E-state index contributed by atoms with van der Waals surface area (Å²) >= 11 is 0. The van der Waals surface area contributed by atoms with Crippen LogP contribution < -0.4 is 4.74 Å². The maximum absolute atomic E-state index is 10.2. The van der Waals surface area contributed by atoms with Crippen molar-refractivity contribution in [2.75, 3.05) is 26.7 Å². The van der Waals surface area contributed by atoms with Gasteiger partial charge in [0, 0.05) is 13.1 Å². The maximum atomic E-state index is 10.2. The molecule has 0 saturated carbocycles. The second-order valence-electron chi connectivity index (χ2n) is 5.71. The van der Waals surface area contributed by atoms with Crippen LogP contribution in [0, 0.1) is 6.92 Å². The second kappa shape index (κ2) is 8.57. The van der Waals surface area contributed by atoms with Crippen molar-refractivity contribution >= 4 is 0 Å². The van der Waals surface area contributed by atoms with Gasteiger partial charge in [-0.2, -0.15) is 0 Å². The molecule has 0 heterocycles. The molecule has 2 aromatic carbocycles. The van der Waals surface area contributed by atoms with Crippen molar-refractivity contribution in [3.63, 3.8) is 0 Å². The highest BCUT2D eigenvalue weighted by molar-refractivity contribution is 5.27. The molecule has 0 unspecified atom stereocenters. The number of benzene rings is 2. The molecule has 0 saturated heterocycles. The summed E-state index contributed by atoms with van der Waals surface area (Å²) in [7, 11) is 2.03. The average Bonchev–Trinajstić information content (AvgIpc) is 2.52. The fraction of sp³-hybridized carbons (Fsp3) is 0.368. The fourth-order valence-electron chi connectivity index (χ4n) is 2.40. The number of aryl methyl sites for hydroxylation is 1. The van der Waals surface area contributed by atoms with Crippen LogP contribution in [0.2, 0.25) is 0 Å². The van der Waals surface area contributed by atoms with E-state index in [1.807, 2.05) is 55.6 Å². The van der Waals surface area contributed by atoms with Crippen LogP contribution in [0.5, 0.6) is 5.75 Å². The summed E-state index contributed by atoms with van der Waals surface area (Å²) in [5, 5.41) is 10.2. The highest BCUT2D eigenvalue weighted by atomic mass is 16.5. The molecule has 3 heteroatoms. The van der Waals surface area contributed by atoms with Gasteiger partial charge in [0.05, 0.1) is 12.7 Å².